The van der Waals surface area contributed by atoms with Gasteiger partial charge in [0.2, 0.25) is 0 Å². The van der Waals surface area contributed by atoms with Crippen LogP contribution in [0, 0.1) is 93.7 Å². The van der Waals surface area contributed by atoms with Crippen LogP contribution in [-0.4, -0.2) is 42.9 Å². The molecule has 0 radical (unpaired) electrons. The highest BCUT2D eigenvalue weighted by molar-refractivity contribution is 5.40. The Hall–Kier alpha value is -1.75. The van der Waals surface area contributed by atoms with Gasteiger partial charge in [0.1, 0.15) is 0 Å². The third kappa shape index (κ3) is 6.97. The highest BCUT2D eigenvalue weighted by atomic mass is 16.5. The molecule has 63 heavy (non-hydrogen) atoms. The molecule has 20 unspecified atom stereocenters. The molecule has 13 rings (SSSR count). The summed E-state index contributed by atoms with van der Waals surface area (Å²) < 4.78 is 14.6. The highest BCUT2D eigenvalue weighted by Crippen LogP contribution is 2.73. The number of nitrogens with zero attached hydrogens (tertiary/aromatic N) is 1. The van der Waals surface area contributed by atoms with Gasteiger partial charge in [-0.25, -0.2) is 0 Å². The second kappa shape index (κ2) is 17.1. The van der Waals surface area contributed by atoms with Crippen molar-refractivity contribution in [2.24, 2.45) is 82.3 Å². The minimum Gasteiger partial charge on any atom is -0.374 e. The van der Waals surface area contributed by atoms with Crippen LogP contribution < -0.4 is 16.0 Å². The smallest absolute Gasteiger partial charge is 0.0989 e. The number of nitriles is 1. The molecule has 0 aromatic heterocycles. The number of ether oxygens (including phenoxy) is 2. The molecule has 10 aliphatic carbocycles. The number of hydrogen-bond donors (Lipinski definition) is 3. The quantitative estimate of drug-likeness (QED) is 0.245. The molecular weight excluding hydrogens is 773 g/mol. The zero-order valence-electron chi connectivity index (χ0n) is 38.8. The molecule has 0 bridgehead atoms. The Kier molecular flexibility index (Phi) is 11.2. The van der Waals surface area contributed by atoms with Crippen molar-refractivity contribution in [1.29, 1.82) is 5.26 Å². The Balaban J connectivity index is 0.751. The molecule has 3 N–H and O–H groups in total. The van der Waals surface area contributed by atoms with E-state index in [-0.39, 0.29) is 6.10 Å². The molecule has 20 atom stereocenters. The van der Waals surface area contributed by atoms with Gasteiger partial charge in [0.15, 0.2) is 0 Å². The molecule has 6 nitrogen and oxygen atoms in total. The maximum Gasteiger partial charge on any atom is 0.0989 e. The van der Waals surface area contributed by atoms with Gasteiger partial charge >= 0.3 is 0 Å². The molecule has 3 heterocycles. The van der Waals surface area contributed by atoms with E-state index in [1.165, 1.54) is 173 Å². The van der Waals surface area contributed by atoms with Crippen molar-refractivity contribution in [3.8, 4) is 6.07 Å². The average molecular weight is 855 g/mol. The fourth-order valence-electron chi connectivity index (χ4n) is 19.7. The van der Waals surface area contributed by atoms with Crippen LogP contribution in [0.15, 0.2) is 47.1 Å². The van der Waals surface area contributed by atoms with Crippen molar-refractivity contribution in [2.45, 2.75) is 216 Å². The number of hydrogen-bond acceptors (Lipinski definition) is 6. The molecule has 6 heteroatoms. The van der Waals surface area contributed by atoms with Gasteiger partial charge in [-0.1, -0.05) is 87.2 Å². The molecular formula is C57H82N4O2. The van der Waals surface area contributed by atoms with Crippen LogP contribution in [0.25, 0.3) is 0 Å². The SMILES string of the molecule is N#CC1=CC2OC3CC(C4=CCC(C5NC(C6CCCCC6)NC(C6CCCC7C8CCCCC8OC67)N5)CC4)CCC3C3(C2C=C1)C1CC2CCCCC2=CC1C1CCCCC13. The Labute approximate surface area is 381 Å². The summed E-state index contributed by atoms with van der Waals surface area (Å²) >= 11 is 0. The van der Waals surface area contributed by atoms with Crippen molar-refractivity contribution in [3.05, 3.63) is 47.1 Å². The topological polar surface area (TPSA) is 78.3 Å². The second-order valence-corrected chi connectivity index (χ2v) is 24.5. The van der Waals surface area contributed by atoms with E-state index in [9.17, 15) is 5.26 Å². The van der Waals surface area contributed by atoms with Crippen LogP contribution in [0.5, 0.6) is 0 Å². The lowest BCUT2D eigenvalue weighted by Crippen LogP contribution is -2.73. The summed E-state index contributed by atoms with van der Waals surface area (Å²) in [6.45, 7) is 0. The Morgan fingerprint density at radius 3 is 2.19 bits per heavy atom. The van der Waals surface area contributed by atoms with Crippen molar-refractivity contribution >= 4 is 0 Å². The van der Waals surface area contributed by atoms with E-state index < -0.39 is 0 Å². The van der Waals surface area contributed by atoms with E-state index in [2.05, 4.69) is 52.4 Å². The molecule has 10 fully saturated rings. The van der Waals surface area contributed by atoms with Crippen molar-refractivity contribution in [1.82, 2.24) is 16.0 Å². The first kappa shape index (κ1) is 41.4. The van der Waals surface area contributed by atoms with Crippen molar-refractivity contribution in [3.63, 3.8) is 0 Å². The summed E-state index contributed by atoms with van der Waals surface area (Å²) in [4.78, 5) is 0. The molecule has 3 saturated heterocycles. The third-order valence-corrected chi connectivity index (χ3v) is 22.1. The van der Waals surface area contributed by atoms with E-state index in [0.717, 1.165) is 52.9 Å². The van der Waals surface area contributed by atoms with Gasteiger partial charge < -0.3 is 9.47 Å². The van der Waals surface area contributed by atoms with Crippen LogP contribution in [0.4, 0.5) is 0 Å². The number of nitrogens with one attached hydrogen (secondary N) is 3. The van der Waals surface area contributed by atoms with E-state index >= 15 is 0 Å². The molecule has 0 amide bonds. The standard InChI is InChI=1S/C57H82N4O2/c58-33-34-21-27-47-51(29-34)62-52-32-40(26-28-48(52)57(47)46-19-8-6-15-41(46)45-30-38-13-4-5-14-39(38)31-49(45)57)35-22-24-37(25-23-35)55-59-54(36-11-2-1-3-12-36)60-56(61-55)44-18-10-17-43-42-16-7-9-20-50(42)63-53(43)44/h21-22,27,29-30,36-37,39-56,59-61H,1-20,23-26,28,31-32H2. The molecule has 342 valence electrons. The van der Waals surface area contributed by atoms with Gasteiger partial charge in [-0.15, -0.1) is 0 Å². The summed E-state index contributed by atoms with van der Waals surface area (Å²) in [5.41, 5.74) is 4.76. The first-order valence-electron chi connectivity index (χ1n) is 27.9. The van der Waals surface area contributed by atoms with Crippen LogP contribution in [0.1, 0.15) is 173 Å². The minimum atomic E-state index is 0.0627. The van der Waals surface area contributed by atoms with Gasteiger partial charge in [-0.05, 0) is 198 Å². The maximum atomic E-state index is 10.2. The number of fused-ring (bicyclic) bond motifs is 13. The average Bonchev–Trinajstić information content (AvgIpc) is 3.87. The molecule has 0 aromatic carbocycles. The number of rotatable bonds is 4. The monoisotopic (exact) mass is 855 g/mol. The molecule has 7 saturated carbocycles. The lowest BCUT2D eigenvalue weighted by atomic mass is 9.46. The Morgan fingerprint density at radius 1 is 0.556 bits per heavy atom. The van der Waals surface area contributed by atoms with E-state index in [1.54, 1.807) is 5.57 Å². The van der Waals surface area contributed by atoms with Gasteiger partial charge in [-0.2, -0.15) is 5.26 Å². The van der Waals surface area contributed by atoms with Gasteiger partial charge in [0.05, 0.1) is 54.6 Å². The molecule has 3 aliphatic heterocycles. The van der Waals surface area contributed by atoms with Gasteiger partial charge in [-0.3, -0.25) is 16.0 Å². The fraction of sp³-hybridized carbons (Fsp3) is 0.842. The fourth-order valence-corrected chi connectivity index (χ4v) is 19.7. The summed E-state index contributed by atoms with van der Waals surface area (Å²) in [6.07, 6.45) is 52.1. The van der Waals surface area contributed by atoms with Gasteiger partial charge in [0.25, 0.3) is 0 Å². The zero-order valence-corrected chi connectivity index (χ0v) is 38.8. The Morgan fingerprint density at radius 2 is 1.32 bits per heavy atom. The number of allylic oxidation sites excluding steroid dienone is 6. The minimum absolute atomic E-state index is 0.0627. The second-order valence-electron chi connectivity index (χ2n) is 24.5. The first-order chi connectivity index (χ1) is 31.1. The maximum absolute atomic E-state index is 10.2. The first-order valence-corrected chi connectivity index (χ1v) is 27.9. The van der Waals surface area contributed by atoms with Crippen LogP contribution in [-0.2, 0) is 9.47 Å². The van der Waals surface area contributed by atoms with Crippen molar-refractivity contribution in [2.75, 3.05) is 0 Å². The summed E-state index contributed by atoms with van der Waals surface area (Å²) in [5.74, 6) is 9.33. The normalized spacial score (nSPS) is 51.7. The van der Waals surface area contributed by atoms with Crippen molar-refractivity contribution < 1.29 is 9.47 Å². The van der Waals surface area contributed by atoms with E-state index in [4.69, 9.17) is 9.47 Å². The van der Waals surface area contributed by atoms with Crippen LogP contribution >= 0.6 is 0 Å². The molecule has 1 spiro atoms. The molecule has 0 aromatic rings. The van der Waals surface area contributed by atoms with E-state index in [1.807, 2.05) is 5.57 Å². The van der Waals surface area contributed by atoms with E-state index in [0.29, 0.717) is 71.8 Å². The summed E-state index contributed by atoms with van der Waals surface area (Å²) in [5, 5.41) is 23.1. The summed E-state index contributed by atoms with van der Waals surface area (Å²) in [6, 6.07) is 2.55. The predicted molar refractivity (Wildman–Crippen MR) is 250 cm³/mol. The Bertz CT molecular complexity index is 1870. The van der Waals surface area contributed by atoms with Crippen LogP contribution in [0.2, 0.25) is 0 Å². The lowest BCUT2D eigenvalue weighted by Gasteiger charge is -2.62. The third-order valence-electron chi connectivity index (χ3n) is 22.1. The summed E-state index contributed by atoms with van der Waals surface area (Å²) in [7, 11) is 0. The van der Waals surface area contributed by atoms with Crippen LogP contribution in [0.3, 0.4) is 0 Å². The zero-order chi connectivity index (χ0) is 41.6. The molecule has 13 aliphatic rings. The lowest BCUT2D eigenvalue weighted by molar-refractivity contribution is -0.212. The highest BCUT2D eigenvalue weighted by Gasteiger charge is 2.70. The van der Waals surface area contributed by atoms with Gasteiger partial charge in [0, 0.05) is 11.8 Å². The largest absolute Gasteiger partial charge is 0.374 e. The predicted octanol–water partition coefficient (Wildman–Crippen LogP) is 11.8.